The molecule has 1 heterocycles. The SMILES string of the molecule is CCOc1ccc(-c2cc(CN)n(C)n2)cc1OCC. The molecule has 0 fully saturated rings. The van der Waals surface area contributed by atoms with Crippen LogP contribution in [-0.4, -0.2) is 23.0 Å². The lowest BCUT2D eigenvalue weighted by atomic mass is 10.1. The zero-order valence-electron chi connectivity index (χ0n) is 12.2. The molecule has 2 N–H and O–H groups in total. The number of aryl methyl sites for hydroxylation is 1. The first kappa shape index (κ1) is 14.4. The third-order valence-corrected chi connectivity index (χ3v) is 3.03. The first-order valence-corrected chi connectivity index (χ1v) is 6.82. The molecule has 0 saturated heterocycles. The summed E-state index contributed by atoms with van der Waals surface area (Å²) in [5.74, 6) is 1.50. The predicted octanol–water partition coefficient (Wildman–Crippen LogP) is 2.34. The molecule has 5 heteroatoms. The van der Waals surface area contributed by atoms with Gasteiger partial charge >= 0.3 is 0 Å². The molecule has 1 aromatic heterocycles. The molecule has 108 valence electrons. The van der Waals surface area contributed by atoms with Crippen LogP contribution in [0.15, 0.2) is 24.3 Å². The Morgan fingerprint density at radius 2 is 1.80 bits per heavy atom. The summed E-state index contributed by atoms with van der Waals surface area (Å²) >= 11 is 0. The van der Waals surface area contributed by atoms with Gasteiger partial charge in [-0.1, -0.05) is 0 Å². The molecule has 0 radical (unpaired) electrons. The summed E-state index contributed by atoms with van der Waals surface area (Å²) in [7, 11) is 1.89. The van der Waals surface area contributed by atoms with Gasteiger partial charge < -0.3 is 15.2 Å². The summed E-state index contributed by atoms with van der Waals surface area (Å²) in [5.41, 5.74) is 8.55. The van der Waals surface area contributed by atoms with Gasteiger partial charge in [-0.2, -0.15) is 5.10 Å². The van der Waals surface area contributed by atoms with Crippen LogP contribution < -0.4 is 15.2 Å². The maximum atomic E-state index is 5.68. The highest BCUT2D eigenvalue weighted by Crippen LogP contribution is 2.32. The van der Waals surface area contributed by atoms with Gasteiger partial charge in [0, 0.05) is 19.2 Å². The molecule has 2 rings (SSSR count). The van der Waals surface area contributed by atoms with Crippen LogP contribution in [0.5, 0.6) is 11.5 Å². The number of hydrogen-bond acceptors (Lipinski definition) is 4. The fourth-order valence-corrected chi connectivity index (χ4v) is 2.05. The number of nitrogens with zero attached hydrogens (tertiary/aromatic N) is 2. The van der Waals surface area contributed by atoms with Gasteiger partial charge in [0.15, 0.2) is 11.5 Å². The van der Waals surface area contributed by atoms with Gasteiger partial charge in [-0.3, -0.25) is 4.68 Å². The fraction of sp³-hybridized carbons (Fsp3) is 0.400. The summed E-state index contributed by atoms with van der Waals surface area (Å²) in [4.78, 5) is 0. The number of benzene rings is 1. The van der Waals surface area contributed by atoms with Crippen molar-refractivity contribution in [3.63, 3.8) is 0 Å². The summed E-state index contributed by atoms with van der Waals surface area (Å²) in [6, 6.07) is 7.85. The Balaban J connectivity index is 2.38. The molecule has 0 saturated carbocycles. The van der Waals surface area contributed by atoms with E-state index in [2.05, 4.69) is 5.10 Å². The van der Waals surface area contributed by atoms with E-state index in [0.717, 1.165) is 28.5 Å². The largest absolute Gasteiger partial charge is 0.490 e. The van der Waals surface area contributed by atoms with Crippen molar-refractivity contribution in [3.05, 3.63) is 30.0 Å². The van der Waals surface area contributed by atoms with Crippen LogP contribution in [0.1, 0.15) is 19.5 Å². The number of hydrogen-bond donors (Lipinski definition) is 1. The predicted molar refractivity (Wildman–Crippen MR) is 78.9 cm³/mol. The zero-order chi connectivity index (χ0) is 14.5. The van der Waals surface area contributed by atoms with E-state index in [4.69, 9.17) is 15.2 Å². The van der Waals surface area contributed by atoms with E-state index in [1.54, 1.807) is 4.68 Å². The summed E-state index contributed by atoms with van der Waals surface area (Å²) in [6.45, 7) is 5.59. The van der Waals surface area contributed by atoms with E-state index in [9.17, 15) is 0 Å². The quantitative estimate of drug-likeness (QED) is 0.879. The molecule has 0 amide bonds. The Bertz CT molecular complexity index is 578. The van der Waals surface area contributed by atoms with Crippen molar-refractivity contribution in [2.24, 2.45) is 12.8 Å². The van der Waals surface area contributed by atoms with Gasteiger partial charge in [-0.25, -0.2) is 0 Å². The van der Waals surface area contributed by atoms with Crippen molar-refractivity contribution in [2.45, 2.75) is 20.4 Å². The second-order valence-electron chi connectivity index (χ2n) is 4.38. The molecule has 2 aromatic rings. The van der Waals surface area contributed by atoms with Crippen LogP contribution in [-0.2, 0) is 13.6 Å². The second-order valence-corrected chi connectivity index (χ2v) is 4.38. The third kappa shape index (κ3) is 2.93. The molecule has 0 aliphatic rings. The van der Waals surface area contributed by atoms with E-state index >= 15 is 0 Å². The summed E-state index contributed by atoms with van der Waals surface area (Å²) < 4.78 is 13.0. The monoisotopic (exact) mass is 275 g/mol. The smallest absolute Gasteiger partial charge is 0.161 e. The van der Waals surface area contributed by atoms with Crippen molar-refractivity contribution < 1.29 is 9.47 Å². The number of ether oxygens (including phenoxy) is 2. The van der Waals surface area contributed by atoms with Crippen LogP contribution >= 0.6 is 0 Å². The molecule has 1 aromatic carbocycles. The fourth-order valence-electron chi connectivity index (χ4n) is 2.05. The standard InChI is InChI=1S/C15H21N3O2/c1-4-19-14-7-6-11(8-15(14)20-5-2)13-9-12(10-16)18(3)17-13/h6-9H,4-5,10,16H2,1-3H3. The minimum absolute atomic E-state index is 0.471. The van der Waals surface area contributed by atoms with Crippen LogP contribution in [0.25, 0.3) is 11.3 Å². The van der Waals surface area contributed by atoms with Gasteiger partial charge in [0.25, 0.3) is 0 Å². The summed E-state index contributed by atoms with van der Waals surface area (Å²) in [6.07, 6.45) is 0. The highest BCUT2D eigenvalue weighted by molar-refractivity contribution is 5.64. The van der Waals surface area contributed by atoms with Gasteiger partial charge in [-0.05, 0) is 38.1 Å². The molecule has 0 atom stereocenters. The van der Waals surface area contributed by atoms with E-state index < -0.39 is 0 Å². The minimum atomic E-state index is 0.471. The molecule has 0 spiro atoms. The Morgan fingerprint density at radius 3 is 2.40 bits per heavy atom. The van der Waals surface area contributed by atoms with Crippen molar-refractivity contribution in [3.8, 4) is 22.8 Å². The van der Waals surface area contributed by atoms with Crippen molar-refractivity contribution in [1.82, 2.24) is 9.78 Å². The van der Waals surface area contributed by atoms with E-state index in [1.807, 2.05) is 45.2 Å². The lowest BCUT2D eigenvalue weighted by Crippen LogP contribution is -2.03. The van der Waals surface area contributed by atoms with Crippen LogP contribution in [0.3, 0.4) is 0 Å². The lowest BCUT2D eigenvalue weighted by molar-refractivity contribution is 0.288. The highest BCUT2D eigenvalue weighted by Gasteiger charge is 2.11. The molecule has 5 nitrogen and oxygen atoms in total. The van der Waals surface area contributed by atoms with Gasteiger partial charge in [-0.15, -0.1) is 0 Å². The molecule has 0 bridgehead atoms. The van der Waals surface area contributed by atoms with Crippen molar-refractivity contribution in [1.29, 1.82) is 0 Å². The Kier molecular flexibility index (Phi) is 4.63. The lowest BCUT2D eigenvalue weighted by Gasteiger charge is -2.11. The maximum absolute atomic E-state index is 5.68. The second kappa shape index (κ2) is 6.43. The number of aromatic nitrogens is 2. The van der Waals surface area contributed by atoms with E-state index in [-0.39, 0.29) is 0 Å². The van der Waals surface area contributed by atoms with Crippen LogP contribution in [0, 0.1) is 0 Å². The maximum Gasteiger partial charge on any atom is 0.161 e. The molecule has 0 unspecified atom stereocenters. The highest BCUT2D eigenvalue weighted by atomic mass is 16.5. The minimum Gasteiger partial charge on any atom is -0.490 e. The first-order valence-electron chi connectivity index (χ1n) is 6.82. The average Bonchev–Trinajstić information content (AvgIpc) is 2.82. The van der Waals surface area contributed by atoms with E-state index in [1.165, 1.54) is 0 Å². The van der Waals surface area contributed by atoms with Crippen molar-refractivity contribution >= 4 is 0 Å². The summed E-state index contributed by atoms with van der Waals surface area (Å²) in [5, 5.41) is 4.47. The molecular formula is C15H21N3O2. The first-order chi connectivity index (χ1) is 9.69. The third-order valence-electron chi connectivity index (χ3n) is 3.03. The molecule has 0 aliphatic heterocycles. The van der Waals surface area contributed by atoms with Gasteiger partial charge in [0.05, 0.1) is 24.6 Å². The van der Waals surface area contributed by atoms with Crippen LogP contribution in [0.4, 0.5) is 0 Å². The Morgan fingerprint density at radius 1 is 1.10 bits per heavy atom. The average molecular weight is 275 g/mol. The number of rotatable bonds is 6. The molecule has 20 heavy (non-hydrogen) atoms. The number of nitrogens with two attached hydrogens (primary N) is 1. The Hall–Kier alpha value is -2.01. The van der Waals surface area contributed by atoms with Crippen LogP contribution in [0.2, 0.25) is 0 Å². The van der Waals surface area contributed by atoms with Crippen molar-refractivity contribution in [2.75, 3.05) is 13.2 Å². The zero-order valence-corrected chi connectivity index (χ0v) is 12.2. The molecular weight excluding hydrogens is 254 g/mol. The normalized spacial score (nSPS) is 10.6. The molecule has 0 aliphatic carbocycles. The topological polar surface area (TPSA) is 62.3 Å². The van der Waals surface area contributed by atoms with E-state index in [0.29, 0.717) is 19.8 Å². The Labute approximate surface area is 119 Å². The van der Waals surface area contributed by atoms with Gasteiger partial charge in [0.1, 0.15) is 0 Å². The van der Waals surface area contributed by atoms with Gasteiger partial charge in [0.2, 0.25) is 0 Å².